The van der Waals surface area contributed by atoms with E-state index in [9.17, 15) is 9.90 Å². The molecule has 19 heavy (non-hydrogen) atoms. The van der Waals surface area contributed by atoms with Gasteiger partial charge in [-0.2, -0.15) is 0 Å². The molecular formula is C15H21NO3. The van der Waals surface area contributed by atoms with Crippen LogP contribution in [0.3, 0.4) is 0 Å². The van der Waals surface area contributed by atoms with E-state index in [1.165, 1.54) is 0 Å². The fourth-order valence-corrected chi connectivity index (χ4v) is 2.39. The highest BCUT2D eigenvalue weighted by atomic mass is 16.5. The molecule has 1 heterocycles. The Labute approximate surface area is 114 Å². The number of nitrogens with zero attached hydrogens (tertiary/aromatic N) is 1. The third-order valence-corrected chi connectivity index (χ3v) is 3.56. The number of likely N-dealkylation sites (N-methyl/N-ethyl adjacent to an activating group) is 1. The van der Waals surface area contributed by atoms with Crippen LogP contribution in [0, 0.1) is 5.92 Å². The third kappa shape index (κ3) is 4.24. The molecule has 1 N–H and O–H groups in total. The van der Waals surface area contributed by atoms with Gasteiger partial charge < -0.3 is 14.7 Å². The summed E-state index contributed by atoms with van der Waals surface area (Å²) < 4.78 is 5.32. The van der Waals surface area contributed by atoms with E-state index in [1.807, 2.05) is 13.1 Å². The zero-order valence-electron chi connectivity index (χ0n) is 11.3. The number of amides is 1. The molecule has 1 fully saturated rings. The summed E-state index contributed by atoms with van der Waals surface area (Å²) >= 11 is 0. The van der Waals surface area contributed by atoms with Gasteiger partial charge in [0.1, 0.15) is 5.75 Å². The first-order valence-electron chi connectivity index (χ1n) is 6.75. The molecule has 0 spiro atoms. The van der Waals surface area contributed by atoms with E-state index >= 15 is 0 Å². The van der Waals surface area contributed by atoms with Crippen molar-refractivity contribution in [2.45, 2.75) is 19.3 Å². The highest BCUT2D eigenvalue weighted by Crippen LogP contribution is 2.17. The Morgan fingerprint density at radius 2 is 2.16 bits per heavy atom. The molecule has 0 atom stereocenters. The number of carbonyl (C=O) groups excluding carboxylic acids is 1. The van der Waals surface area contributed by atoms with Gasteiger partial charge in [0.15, 0.2) is 0 Å². The fourth-order valence-electron chi connectivity index (χ4n) is 2.39. The van der Waals surface area contributed by atoms with Gasteiger partial charge in [-0.25, -0.2) is 0 Å². The summed E-state index contributed by atoms with van der Waals surface area (Å²) in [5.74, 6) is 0.848. The maximum absolute atomic E-state index is 12.1. The Bertz CT molecular complexity index is 427. The van der Waals surface area contributed by atoms with Gasteiger partial charge in [0.05, 0.1) is 6.42 Å². The first-order valence-corrected chi connectivity index (χ1v) is 6.75. The Hall–Kier alpha value is -1.55. The van der Waals surface area contributed by atoms with Crippen LogP contribution < -0.4 is 0 Å². The first-order chi connectivity index (χ1) is 9.15. The van der Waals surface area contributed by atoms with E-state index in [0.29, 0.717) is 12.3 Å². The second-order valence-electron chi connectivity index (χ2n) is 5.18. The van der Waals surface area contributed by atoms with Gasteiger partial charge in [-0.05, 0) is 36.5 Å². The topological polar surface area (TPSA) is 49.8 Å². The van der Waals surface area contributed by atoms with Crippen molar-refractivity contribution >= 4 is 5.91 Å². The van der Waals surface area contributed by atoms with Crippen molar-refractivity contribution in [2.75, 3.05) is 26.8 Å². The van der Waals surface area contributed by atoms with E-state index in [4.69, 9.17) is 4.74 Å². The van der Waals surface area contributed by atoms with Crippen molar-refractivity contribution in [3.8, 4) is 5.75 Å². The second kappa shape index (κ2) is 6.57. The minimum atomic E-state index is 0.0945. The molecule has 1 saturated heterocycles. The lowest BCUT2D eigenvalue weighted by molar-refractivity contribution is -0.130. The van der Waals surface area contributed by atoms with Crippen molar-refractivity contribution in [1.82, 2.24) is 4.90 Å². The molecule has 1 amide bonds. The van der Waals surface area contributed by atoms with Crippen LogP contribution in [0.5, 0.6) is 5.75 Å². The van der Waals surface area contributed by atoms with Crippen LogP contribution in [0.4, 0.5) is 0 Å². The molecule has 0 aromatic heterocycles. The van der Waals surface area contributed by atoms with Crippen molar-refractivity contribution in [3.63, 3.8) is 0 Å². The summed E-state index contributed by atoms with van der Waals surface area (Å²) in [6.45, 7) is 2.40. The van der Waals surface area contributed by atoms with E-state index < -0.39 is 0 Å². The summed E-state index contributed by atoms with van der Waals surface area (Å²) in [5.41, 5.74) is 0.851. The van der Waals surface area contributed by atoms with Crippen LogP contribution >= 0.6 is 0 Å². The van der Waals surface area contributed by atoms with Crippen LogP contribution in [0.25, 0.3) is 0 Å². The predicted octanol–water partition coefficient (Wildman–Crippen LogP) is 1.82. The number of phenols is 1. The van der Waals surface area contributed by atoms with Gasteiger partial charge in [-0.3, -0.25) is 4.79 Å². The molecule has 2 rings (SSSR count). The lowest BCUT2D eigenvalue weighted by atomic mass is 9.99. The van der Waals surface area contributed by atoms with E-state index in [0.717, 1.165) is 38.2 Å². The summed E-state index contributed by atoms with van der Waals surface area (Å²) in [6.07, 6.45) is 2.40. The monoisotopic (exact) mass is 263 g/mol. The smallest absolute Gasteiger partial charge is 0.226 e. The number of hydrogen-bond donors (Lipinski definition) is 1. The molecular weight excluding hydrogens is 242 g/mol. The molecule has 104 valence electrons. The number of hydrogen-bond acceptors (Lipinski definition) is 3. The Morgan fingerprint density at radius 3 is 2.84 bits per heavy atom. The first kappa shape index (κ1) is 13.9. The average Bonchev–Trinajstić information content (AvgIpc) is 2.40. The summed E-state index contributed by atoms with van der Waals surface area (Å²) in [7, 11) is 1.85. The molecule has 4 heteroatoms. The lowest BCUT2D eigenvalue weighted by Crippen LogP contribution is -2.35. The summed E-state index contributed by atoms with van der Waals surface area (Å²) in [4.78, 5) is 13.9. The van der Waals surface area contributed by atoms with Crippen molar-refractivity contribution in [1.29, 1.82) is 0 Å². The second-order valence-corrected chi connectivity index (χ2v) is 5.18. The lowest BCUT2D eigenvalue weighted by Gasteiger charge is -2.27. The van der Waals surface area contributed by atoms with Crippen molar-refractivity contribution in [2.24, 2.45) is 5.92 Å². The van der Waals surface area contributed by atoms with Crippen LogP contribution in [0.15, 0.2) is 24.3 Å². The fraction of sp³-hybridized carbons (Fsp3) is 0.533. The number of rotatable bonds is 4. The molecule has 1 aromatic carbocycles. The zero-order valence-corrected chi connectivity index (χ0v) is 11.3. The minimum Gasteiger partial charge on any atom is -0.508 e. The number of carbonyl (C=O) groups is 1. The van der Waals surface area contributed by atoms with Crippen LogP contribution in [0.2, 0.25) is 0 Å². The van der Waals surface area contributed by atoms with E-state index in [-0.39, 0.29) is 11.7 Å². The van der Waals surface area contributed by atoms with Crippen LogP contribution in [0.1, 0.15) is 18.4 Å². The minimum absolute atomic E-state index is 0.0945. The van der Waals surface area contributed by atoms with E-state index in [2.05, 4.69) is 0 Å². The summed E-state index contributed by atoms with van der Waals surface area (Å²) in [6, 6.07) is 6.87. The quantitative estimate of drug-likeness (QED) is 0.901. The van der Waals surface area contributed by atoms with Gasteiger partial charge in [0.2, 0.25) is 5.91 Å². The van der Waals surface area contributed by atoms with Crippen LogP contribution in [-0.2, 0) is 16.0 Å². The van der Waals surface area contributed by atoms with E-state index in [1.54, 1.807) is 23.1 Å². The number of ether oxygens (including phenoxy) is 1. The highest BCUT2D eigenvalue weighted by molar-refractivity contribution is 5.78. The standard InChI is InChI=1S/C15H21NO3/c1-16(11-12-5-7-19-8-6-12)15(18)10-13-3-2-4-14(17)9-13/h2-4,9,12,17H,5-8,10-11H2,1H3. The number of phenolic OH excluding ortho intramolecular Hbond substituents is 1. The van der Waals surface area contributed by atoms with Crippen molar-refractivity contribution in [3.05, 3.63) is 29.8 Å². The van der Waals surface area contributed by atoms with Crippen molar-refractivity contribution < 1.29 is 14.6 Å². The number of benzene rings is 1. The van der Waals surface area contributed by atoms with Gasteiger partial charge in [0.25, 0.3) is 0 Å². The molecule has 1 aliphatic heterocycles. The molecule has 0 bridgehead atoms. The Kier molecular flexibility index (Phi) is 4.80. The third-order valence-electron chi connectivity index (χ3n) is 3.56. The molecule has 0 radical (unpaired) electrons. The SMILES string of the molecule is CN(CC1CCOCC1)C(=O)Cc1cccc(O)c1. The molecule has 0 saturated carbocycles. The molecule has 0 aliphatic carbocycles. The summed E-state index contributed by atoms with van der Waals surface area (Å²) in [5, 5.41) is 9.39. The number of aromatic hydroxyl groups is 1. The predicted molar refractivity (Wildman–Crippen MR) is 73.0 cm³/mol. The Balaban J connectivity index is 1.84. The van der Waals surface area contributed by atoms with Gasteiger partial charge >= 0.3 is 0 Å². The average molecular weight is 263 g/mol. The maximum Gasteiger partial charge on any atom is 0.226 e. The Morgan fingerprint density at radius 1 is 1.42 bits per heavy atom. The largest absolute Gasteiger partial charge is 0.508 e. The van der Waals surface area contributed by atoms with Gasteiger partial charge in [0, 0.05) is 26.8 Å². The molecule has 1 aliphatic rings. The zero-order chi connectivity index (χ0) is 13.7. The molecule has 1 aromatic rings. The van der Waals surface area contributed by atoms with Gasteiger partial charge in [-0.1, -0.05) is 12.1 Å². The van der Waals surface area contributed by atoms with Crippen LogP contribution in [-0.4, -0.2) is 42.7 Å². The molecule has 4 nitrogen and oxygen atoms in total. The highest BCUT2D eigenvalue weighted by Gasteiger charge is 2.18. The maximum atomic E-state index is 12.1. The normalized spacial score (nSPS) is 16.3. The van der Waals surface area contributed by atoms with Gasteiger partial charge in [-0.15, -0.1) is 0 Å². The molecule has 0 unspecified atom stereocenters.